The number of carbonyl (C=O) groups is 1. The summed E-state index contributed by atoms with van der Waals surface area (Å²) in [5, 5.41) is 2.84. The van der Waals surface area contributed by atoms with Crippen molar-refractivity contribution in [1.29, 1.82) is 0 Å². The lowest BCUT2D eigenvalue weighted by Crippen LogP contribution is -2.41. The number of carbonyl (C=O) groups excluding carboxylic acids is 1. The van der Waals surface area contributed by atoms with Crippen molar-refractivity contribution in [2.24, 2.45) is 5.92 Å². The van der Waals surface area contributed by atoms with E-state index in [1.54, 1.807) is 19.2 Å². The van der Waals surface area contributed by atoms with Crippen molar-refractivity contribution in [3.63, 3.8) is 0 Å². The number of nitrogens with zero attached hydrogens (tertiary/aromatic N) is 2. The number of rotatable bonds is 4. The monoisotopic (exact) mass is 387 g/mol. The Bertz CT molecular complexity index is 949. The molecular formula is C20H25N3O3S. The van der Waals surface area contributed by atoms with Gasteiger partial charge in [0.25, 0.3) is 0 Å². The molecule has 1 aliphatic rings. The van der Waals surface area contributed by atoms with Crippen molar-refractivity contribution in [2.45, 2.75) is 38.5 Å². The number of amides is 1. The lowest BCUT2D eigenvalue weighted by Gasteiger charge is -2.31. The Kier molecular flexibility index (Phi) is 5.62. The first-order valence-electron chi connectivity index (χ1n) is 9.08. The fourth-order valence-corrected chi connectivity index (χ4v) is 5.09. The van der Waals surface area contributed by atoms with Gasteiger partial charge in [-0.15, -0.1) is 0 Å². The van der Waals surface area contributed by atoms with Gasteiger partial charge in [0.15, 0.2) is 0 Å². The highest BCUT2D eigenvalue weighted by atomic mass is 32.2. The van der Waals surface area contributed by atoms with Crippen LogP contribution in [0.25, 0.3) is 0 Å². The number of aromatic nitrogens is 1. The van der Waals surface area contributed by atoms with Crippen LogP contribution in [0.1, 0.15) is 29.5 Å². The molecule has 3 rings (SSSR count). The van der Waals surface area contributed by atoms with Crippen LogP contribution in [0.5, 0.6) is 0 Å². The molecule has 1 aliphatic heterocycles. The van der Waals surface area contributed by atoms with Gasteiger partial charge in [-0.05, 0) is 68.5 Å². The fourth-order valence-electron chi connectivity index (χ4n) is 3.32. The number of piperidine rings is 1. The van der Waals surface area contributed by atoms with Crippen molar-refractivity contribution in [3.05, 3.63) is 53.2 Å². The lowest BCUT2D eigenvalue weighted by molar-refractivity contribution is -0.120. The molecule has 1 aromatic carbocycles. The second kappa shape index (κ2) is 7.78. The van der Waals surface area contributed by atoms with E-state index in [0.29, 0.717) is 36.6 Å². The van der Waals surface area contributed by atoms with Crippen LogP contribution < -0.4 is 5.32 Å². The van der Waals surface area contributed by atoms with E-state index in [9.17, 15) is 13.2 Å². The zero-order valence-corrected chi connectivity index (χ0v) is 16.7. The Morgan fingerprint density at radius 3 is 2.41 bits per heavy atom. The van der Waals surface area contributed by atoms with Gasteiger partial charge in [-0.25, -0.2) is 13.4 Å². The molecule has 1 aromatic heterocycles. The summed E-state index contributed by atoms with van der Waals surface area (Å²) in [6.45, 7) is 6.31. The second-order valence-electron chi connectivity index (χ2n) is 7.15. The van der Waals surface area contributed by atoms with Crippen LogP contribution in [0, 0.1) is 26.7 Å². The molecule has 1 saturated heterocycles. The topological polar surface area (TPSA) is 79.4 Å². The van der Waals surface area contributed by atoms with Gasteiger partial charge in [-0.1, -0.05) is 12.1 Å². The summed E-state index contributed by atoms with van der Waals surface area (Å²) in [4.78, 5) is 17.0. The largest absolute Gasteiger partial charge is 0.310 e. The third kappa shape index (κ3) is 4.36. The van der Waals surface area contributed by atoms with Gasteiger partial charge in [0.2, 0.25) is 15.9 Å². The molecule has 0 atom stereocenters. The molecule has 6 nitrogen and oxygen atoms in total. The van der Waals surface area contributed by atoms with Crippen LogP contribution in [0.2, 0.25) is 0 Å². The molecule has 1 N–H and O–H groups in total. The highest BCUT2D eigenvalue weighted by Crippen LogP contribution is 2.27. The summed E-state index contributed by atoms with van der Waals surface area (Å²) in [5.41, 5.74) is 2.68. The quantitative estimate of drug-likeness (QED) is 0.874. The van der Waals surface area contributed by atoms with E-state index in [2.05, 4.69) is 10.3 Å². The minimum atomic E-state index is -3.54. The molecule has 1 fully saturated rings. The van der Waals surface area contributed by atoms with E-state index in [4.69, 9.17) is 0 Å². The molecule has 144 valence electrons. The number of nitrogens with one attached hydrogen (secondary N) is 1. The minimum Gasteiger partial charge on any atom is -0.310 e. The van der Waals surface area contributed by atoms with Crippen molar-refractivity contribution in [2.75, 3.05) is 18.4 Å². The fraction of sp³-hybridized carbons (Fsp3) is 0.400. The average molecular weight is 388 g/mol. The Hall–Kier alpha value is -2.25. The van der Waals surface area contributed by atoms with Gasteiger partial charge in [0, 0.05) is 25.2 Å². The lowest BCUT2D eigenvalue weighted by atomic mass is 9.97. The highest BCUT2D eigenvalue weighted by molar-refractivity contribution is 7.89. The summed E-state index contributed by atoms with van der Waals surface area (Å²) >= 11 is 0. The van der Waals surface area contributed by atoms with E-state index < -0.39 is 10.0 Å². The maximum absolute atomic E-state index is 13.0. The zero-order chi connectivity index (χ0) is 19.6. The molecule has 0 unspecified atom stereocenters. The number of benzene rings is 1. The van der Waals surface area contributed by atoms with E-state index >= 15 is 0 Å². The summed E-state index contributed by atoms with van der Waals surface area (Å²) in [5.74, 6) is 0.222. The molecule has 0 radical (unpaired) electrons. The molecule has 7 heteroatoms. The first kappa shape index (κ1) is 19.5. The highest BCUT2D eigenvalue weighted by Gasteiger charge is 2.33. The van der Waals surface area contributed by atoms with Gasteiger partial charge in [-0.2, -0.15) is 4.31 Å². The minimum absolute atomic E-state index is 0.100. The molecule has 0 bridgehead atoms. The van der Waals surface area contributed by atoms with E-state index in [0.717, 1.165) is 16.7 Å². The summed E-state index contributed by atoms with van der Waals surface area (Å²) in [6.07, 6.45) is 2.66. The van der Waals surface area contributed by atoms with Gasteiger partial charge >= 0.3 is 0 Å². The number of aryl methyl sites for hydroxylation is 3. The third-order valence-electron chi connectivity index (χ3n) is 4.95. The van der Waals surface area contributed by atoms with E-state index in [1.165, 1.54) is 4.31 Å². The van der Waals surface area contributed by atoms with Crippen LogP contribution >= 0.6 is 0 Å². The number of sulfonamides is 1. The Morgan fingerprint density at radius 2 is 1.74 bits per heavy atom. The normalized spacial score (nSPS) is 16.3. The maximum atomic E-state index is 13.0. The van der Waals surface area contributed by atoms with Crippen molar-refractivity contribution in [1.82, 2.24) is 9.29 Å². The van der Waals surface area contributed by atoms with Crippen LogP contribution in [0.3, 0.4) is 0 Å². The third-order valence-corrected chi connectivity index (χ3v) is 6.99. The van der Waals surface area contributed by atoms with Crippen molar-refractivity contribution < 1.29 is 13.2 Å². The predicted molar refractivity (Wildman–Crippen MR) is 105 cm³/mol. The standard InChI is InChI=1S/C20H25N3O3S/c1-14-4-5-16(3)18(12-14)27(25,26)23-10-7-17(8-11-23)20(24)22-19-13-15(2)6-9-21-19/h4-6,9,12-13,17H,7-8,10-11H2,1-3H3,(H,21,22,24). The summed E-state index contributed by atoms with van der Waals surface area (Å²) < 4.78 is 27.5. The maximum Gasteiger partial charge on any atom is 0.243 e. The Labute approximate surface area is 160 Å². The molecular weight excluding hydrogens is 362 g/mol. The molecule has 0 aliphatic carbocycles. The molecule has 27 heavy (non-hydrogen) atoms. The van der Waals surface area contributed by atoms with Gasteiger partial charge in [0.1, 0.15) is 5.82 Å². The first-order valence-corrected chi connectivity index (χ1v) is 10.5. The molecule has 1 amide bonds. The predicted octanol–water partition coefficient (Wildman–Crippen LogP) is 3.05. The van der Waals surface area contributed by atoms with Crippen molar-refractivity contribution >= 4 is 21.7 Å². The van der Waals surface area contributed by atoms with Gasteiger partial charge in [-0.3, -0.25) is 4.79 Å². The zero-order valence-electron chi connectivity index (χ0n) is 15.9. The smallest absolute Gasteiger partial charge is 0.243 e. The number of pyridine rings is 1. The molecule has 2 heterocycles. The van der Waals surface area contributed by atoms with E-state index in [1.807, 2.05) is 38.1 Å². The Morgan fingerprint density at radius 1 is 1.07 bits per heavy atom. The van der Waals surface area contributed by atoms with E-state index in [-0.39, 0.29) is 11.8 Å². The van der Waals surface area contributed by atoms with Crippen LogP contribution in [-0.2, 0) is 14.8 Å². The van der Waals surface area contributed by atoms with Gasteiger partial charge < -0.3 is 5.32 Å². The number of hydrogen-bond donors (Lipinski definition) is 1. The molecule has 0 spiro atoms. The number of anilines is 1. The van der Waals surface area contributed by atoms with Crippen LogP contribution in [0.15, 0.2) is 41.4 Å². The Balaban J connectivity index is 1.66. The SMILES string of the molecule is Cc1ccnc(NC(=O)C2CCN(S(=O)(=O)c3cc(C)ccc3C)CC2)c1. The van der Waals surface area contributed by atoms with Crippen LogP contribution in [-0.4, -0.2) is 36.7 Å². The van der Waals surface area contributed by atoms with Crippen molar-refractivity contribution in [3.8, 4) is 0 Å². The average Bonchev–Trinajstić information content (AvgIpc) is 2.63. The molecule has 2 aromatic rings. The summed E-state index contributed by atoms with van der Waals surface area (Å²) in [7, 11) is -3.54. The van der Waals surface area contributed by atoms with Gasteiger partial charge in [0.05, 0.1) is 4.90 Å². The molecule has 0 saturated carbocycles. The summed E-state index contributed by atoms with van der Waals surface area (Å²) in [6, 6.07) is 9.14. The second-order valence-corrected chi connectivity index (χ2v) is 9.06. The first-order chi connectivity index (χ1) is 12.8. The number of hydrogen-bond acceptors (Lipinski definition) is 4. The van der Waals surface area contributed by atoms with Crippen LogP contribution in [0.4, 0.5) is 5.82 Å².